The first-order chi connectivity index (χ1) is 13.1. The van der Waals surface area contributed by atoms with E-state index in [0.717, 1.165) is 28.7 Å². The molecule has 2 aromatic rings. The van der Waals surface area contributed by atoms with Crippen molar-refractivity contribution in [3.05, 3.63) is 56.0 Å². The van der Waals surface area contributed by atoms with Crippen LogP contribution in [0.2, 0.25) is 10.0 Å². The lowest BCUT2D eigenvalue weighted by Gasteiger charge is -2.18. The summed E-state index contributed by atoms with van der Waals surface area (Å²) in [5, 5.41) is 16.4. The van der Waals surface area contributed by atoms with Crippen molar-refractivity contribution in [3.8, 4) is 11.5 Å². The van der Waals surface area contributed by atoms with E-state index in [2.05, 4.69) is 26.6 Å². The number of aliphatic hydroxyl groups excluding tert-OH is 1. The highest BCUT2D eigenvalue weighted by molar-refractivity contribution is 9.10. The topological polar surface area (TPSA) is 62.8 Å². The SMILES string of the molecule is COc1ccc(Br)c(CNCCNCCO)c1OCc1c(Cl)cccc1Cl. The second-order valence-electron chi connectivity index (χ2n) is 5.70. The van der Waals surface area contributed by atoms with Gasteiger partial charge in [0, 0.05) is 51.8 Å². The minimum absolute atomic E-state index is 0.129. The maximum Gasteiger partial charge on any atom is 0.167 e. The van der Waals surface area contributed by atoms with Crippen LogP contribution in [0, 0.1) is 0 Å². The summed E-state index contributed by atoms with van der Waals surface area (Å²) in [6.07, 6.45) is 0. The number of hydrogen-bond donors (Lipinski definition) is 3. The van der Waals surface area contributed by atoms with E-state index in [1.807, 2.05) is 12.1 Å². The number of nitrogens with one attached hydrogen (secondary N) is 2. The Morgan fingerprint density at radius 2 is 1.70 bits per heavy atom. The third kappa shape index (κ3) is 6.52. The van der Waals surface area contributed by atoms with Crippen molar-refractivity contribution in [1.82, 2.24) is 10.6 Å². The number of aliphatic hydroxyl groups is 1. The Kier molecular flexibility index (Phi) is 9.68. The maximum atomic E-state index is 8.78. The van der Waals surface area contributed by atoms with Gasteiger partial charge >= 0.3 is 0 Å². The smallest absolute Gasteiger partial charge is 0.167 e. The van der Waals surface area contributed by atoms with E-state index < -0.39 is 0 Å². The summed E-state index contributed by atoms with van der Waals surface area (Å²) in [5.41, 5.74) is 1.68. The third-order valence-electron chi connectivity index (χ3n) is 3.88. The van der Waals surface area contributed by atoms with Crippen molar-refractivity contribution < 1.29 is 14.6 Å². The van der Waals surface area contributed by atoms with Gasteiger partial charge in [-0.25, -0.2) is 0 Å². The average Bonchev–Trinajstić information content (AvgIpc) is 2.65. The fourth-order valence-corrected chi connectivity index (χ4v) is 3.43. The van der Waals surface area contributed by atoms with Gasteiger partial charge in [0.05, 0.1) is 13.7 Å². The molecular formula is C19H23BrCl2N2O3. The zero-order valence-electron chi connectivity index (χ0n) is 15.0. The van der Waals surface area contributed by atoms with E-state index in [9.17, 15) is 0 Å². The number of halogens is 3. The van der Waals surface area contributed by atoms with E-state index >= 15 is 0 Å². The van der Waals surface area contributed by atoms with Crippen LogP contribution in [0.15, 0.2) is 34.8 Å². The van der Waals surface area contributed by atoms with Crippen molar-refractivity contribution in [2.75, 3.05) is 33.4 Å². The minimum Gasteiger partial charge on any atom is -0.493 e. The molecule has 0 aromatic heterocycles. The van der Waals surface area contributed by atoms with Gasteiger partial charge in [-0.05, 0) is 24.3 Å². The summed E-state index contributed by atoms with van der Waals surface area (Å²) < 4.78 is 12.5. The molecule has 0 atom stereocenters. The van der Waals surface area contributed by atoms with E-state index in [-0.39, 0.29) is 13.2 Å². The molecule has 0 aliphatic carbocycles. The monoisotopic (exact) mass is 476 g/mol. The lowest BCUT2D eigenvalue weighted by atomic mass is 10.1. The molecule has 0 aliphatic heterocycles. The predicted octanol–water partition coefficient (Wildman–Crippen LogP) is 4.02. The molecule has 0 unspecified atom stereocenters. The minimum atomic E-state index is 0.129. The Morgan fingerprint density at radius 1 is 1.00 bits per heavy atom. The highest BCUT2D eigenvalue weighted by Crippen LogP contribution is 2.37. The highest BCUT2D eigenvalue weighted by Gasteiger charge is 2.16. The van der Waals surface area contributed by atoms with Gasteiger partial charge in [-0.1, -0.05) is 45.2 Å². The van der Waals surface area contributed by atoms with Crippen LogP contribution in [0.4, 0.5) is 0 Å². The molecule has 2 rings (SSSR count). The first-order valence-corrected chi connectivity index (χ1v) is 10.1. The second kappa shape index (κ2) is 11.7. The molecule has 0 aliphatic rings. The van der Waals surface area contributed by atoms with Crippen LogP contribution >= 0.6 is 39.1 Å². The normalized spacial score (nSPS) is 10.9. The summed E-state index contributed by atoms with van der Waals surface area (Å²) in [7, 11) is 1.61. The van der Waals surface area contributed by atoms with Crippen molar-refractivity contribution in [1.29, 1.82) is 0 Å². The van der Waals surface area contributed by atoms with Crippen molar-refractivity contribution >= 4 is 39.1 Å². The van der Waals surface area contributed by atoms with Gasteiger partial charge in [-0.2, -0.15) is 0 Å². The summed E-state index contributed by atoms with van der Waals surface area (Å²) in [4.78, 5) is 0. The lowest BCUT2D eigenvalue weighted by molar-refractivity contribution is 0.280. The van der Waals surface area contributed by atoms with E-state index in [1.54, 1.807) is 25.3 Å². The Labute approximate surface area is 178 Å². The first kappa shape index (κ1) is 22.3. The Bertz CT molecular complexity index is 727. The van der Waals surface area contributed by atoms with Crippen LogP contribution in [0.25, 0.3) is 0 Å². The molecule has 148 valence electrons. The zero-order valence-corrected chi connectivity index (χ0v) is 18.1. The molecule has 0 heterocycles. The van der Waals surface area contributed by atoms with Crippen LogP contribution in [-0.4, -0.2) is 38.5 Å². The number of methoxy groups -OCH3 is 1. The molecular weight excluding hydrogens is 455 g/mol. The van der Waals surface area contributed by atoms with Gasteiger partial charge in [0.1, 0.15) is 6.61 Å². The van der Waals surface area contributed by atoms with Crippen molar-refractivity contribution in [2.24, 2.45) is 0 Å². The first-order valence-electron chi connectivity index (χ1n) is 8.51. The molecule has 8 heteroatoms. The molecule has 3 N–H and O–H groups in total. The predicted molar refractivity (Wildman–Crippen MR) is 113 cm³/mol. The molecule has 0 spiro atoms. The lowest BCUT2D eigenvalue weighted by Crippen LogP contribution is -2.29. The van der Waals surface area contributed by atoms with E-state index in [0.29, 0.717) is 34.6 Å². The van der Waals surface area contributed by atoms with Crippen LogP contribution in [0.1, 0.15) is 11.1 Å². The number of rotatable bonds is 11. The Hall–Kier alpha value is -1.02. The Morgan fingerprint density at radius 3 is 2.37 bits per heavy atom. The Balaban J connectivity index is 2.12. The molecule has 27 heavy (non-hydrogen) atoms. The molecule has 0 bridgehead atoms. The van der Waals surface area contributed by atoms with Crippen LogP contribution < -0.4 is 20.1 Å². The van der Waals surface area contributed by atoms with Gasteiger partial charge in [-0.3, -0.25) is 0 Å². The summed E-state index contributed by atoms with van der Waals surface area (Å²) >= 11 is 16.1. The van der Waals surface area contributed by atoms with Crippen molar-refractivity contribution in [3.63, 3.8) is 0 Å². The molecule has 5 nitrogen and oxygen atoms in total. The van der Waals surface area contributed by atoms with Gasteiger partial charge in [0.2, 0.25) is 0 Å². The maximum absolute atomic E-state index is 8.78. The van der Waals surface area contributed by atoms with Gasteiger partial charge in [-0.15, -0.1) is 0 Å². The number of benzene rings is 2. The number of ether oxygens (including phenoxy) is 2. The molecule has 0 saturated carbocycles. The highest BCUT2D eigenvalue weighted by atomic mass is 79.9. The zero-order chi connectivity index (χ0) is 19.6. The summed E-state index contributed by atoms with van der Waals surface area (Å²) in [6.45, 7) is 3.04. The second-order valence-corrected chi connectivity index (χ2v) is 7.37. The third-order valence-corrected chi connectivity index (χ3v) is 5.33. The van der Waals surface area contributed by atoms with Crippen LogP contribution in [0.3, 0.4) is 0 Å². The van der Waals surface area contributed by atoms with E-state index in [4.69, 9.17) is 37.8 Å². The quantitative estimate of drug-likeness (QED) is 0.427. The largest absolute Gasteiger partial charge is 0.493 e. The van der Waals surface area contributed by atoms with E-state index in [1.165, 1.54) is 0 Å². The van der Waals surface area contributed by atoms with Crippen LogP contribution in [0.5, 0.6) is 11.5 Å². The molecule has 0 amide bonds. The van der Waals surface area contributed by atoms with Crippen molar-refractivity contribution in [2.45, 2.75) is 13.2 Å². The average molecular weight is 478 g/mol. The van der Waals surface area contributed by atoms with Gasteiger partial charge in [0.15, 0.2) is 11.5 Å². The molecule has 2 aromatic carbocycles. The summed E-state index contributed by atoms with van der Waals surface area (Å²) in [5.74, 6) is 1.27. The fourth-order valence-electron chi connectivity index (χ4n) is 2.47. The van der Waals surface area contributed by atoms with Gasteiger partial charge in [0.25, 0.3) is 0 Å². The fraction of sp³-hybridized carbons (Fsp3) is 0.368. The molecule has 0 radical (unpaired) electrons. The molecule has 0 saturated heterocycles. The summed E-state index contributed by atoms with van der Waals surface area (Å²) in [6, 6.07) is 9.14. The standard InChI is InChI=1S/C19H23BrCl2N2O3/c1-26-18-6-5-15(20)13(11-24-8-7-23-9-10-25)19(18)27-12-14-16(21)3-2-4-17(14)22/h2-6,23-25H,7-12H2,1H3. The van der Waals surface area contributed by atoms with Crippen LogP contribution in [-0.2, 0) is 13.2 Å². The number of hydrogen-bond acceptors (Lipinski definition) is 5. The molecule has 0 fully saturated rings. The van der Waals surface area contributed by atoms with Gasteiger partial charge < -0.3 is 25.2 Å².